The van der Waals surface area contributed by atoms with Crippen LogP contribution in [0.25, 0.3) is 40.2 Å². The molecule has 60 heavy (non-hydrogen) atoms. The van der Waals surface area contributed by atoms with E-state index in [-0.39, 0.29) is 33.5 Å². The number of Topliss-reactive ketones (excluding diaryl/α,β-unsaturated/α-hetero) is 1. The van der Waals surface area contributed by atoms with E-state index in [1.165, 1.54) is 0 Å². The lowest BCUT2D eigenvalue weighted by molar-refractivity contribution is -0.300. The summed E-state index contributed by atoms with van der Waals surface area (Å²) in [7, 11) is 0. The Labute approximate surface area is 384 Å². The third kappa shape index (κ3) is 10.3. The van der Waals surface area contributed by atoms with Crippen LogP contribution in [0.2, 0.25) is 0 Å². The molecule has 10 heteroatoms. The SMILES string of the molecule is CC(C)(C)COc1ccccc1C1=CC(=CC2=C([O-])C(=Cc3cc(-c4ccc(Br)c(Br)c4)[o+]c(-c4ccccc4OCC(C)(C)C)c3)C2=O)C=C(c2ccc(Br)c(Br)c2)O1. The van der Waals surface area contributed by atoms with E-state index in [1.807, 2.05) is 109 Å². The standard InChI is InChI=1S/C50H42Br4O6/c1-49(2,3)27-57-41-13-9-7-11-33(41)45-23-29(21-43(59-45)31-15-17-37(51)39(53)25-31)19-35-47(55)36(48(35)56)20-30-22-44(32-16-18-38(52)40(54)26-32)60-46(24-30)34-12-8-10-14-42(34)58-28-50(4,5)6/h7-26H,27-28H2,1-6H3. The molecule has 2 heterocycles. The number of ether oxygens (including phenoxy) is 3. The number of hydrogen-bond acceptors (Lipinski definition) is 5. The summed E-state index contributed by atoms with van der Waals surface area (Å²) >= 11 is 14.3. The van der Waals surface area contributed by atoms with Crippen molar-refractivity contribution in [3.8, 4) is 34.1 Å². The lowest BCUT2D eigenvalue weighted by atomic mass is 9.85. The van der Waals surface area contributed by atoms with Gasteiger partial charge in [0.2, 0.25) is 0 Å². The van der Waals surface area contributed by atoms with Gasteiger partial charge in [-0.25, -0.2) is 4.42 Å². The molecule has 0 N–H and O–H groups in total. The maximum atomic E-state index is 14.0. The van der Waals surface area contributed by atoms with Gasteiger partial charge in [0.05, 0.1) is 36.5 Å². The van der Waals surface area contributed by atoms with Gasteiger partial charge in [0.25, 0.3) is 0 Å². The average molecular weight is 1060 g/mol. The normalized spacial score (nSPS) is 15.7. The highest BCUT2D eigenvalue weighted by Gasteiger charge is 2.29. The van der Waals surface area contributed by atoms with Gasteiger partial charge < -0.3 is 19.3 Å². The minimum Gasteiger partial charge on any atom is -0.871 e. The summed E-state index contributed by atoms with van der Waals surface area (Å²) < 4.78 is 29.1. The molecular formula is C50H42Br4O6. The van der Waals surface area contributed by atoms with Gasteiger partial charge in [-0.2, -0.15) is 0 Å². The molecule has 1 aromatic heterocycles. The molecule has 0 saturated carbocycles. The molecule has 0 saturated heterocycles. The van der Waals surface area contributed by atoms with E-state index in [4.69, 9.17) is 18.6 Å². The van der Waals surface area contributed by atoms with Crippen LogP contribution in [-0.4, -0.2) is 19.0 Å². The van der Waals surface area contributed by atoms with Gasteiger partial charge in [0.15, 0.2) is 5.78 Å². The van der Waals surface area contributed by atoms with Gasteiger partial charge in [-0.15, -0.1) is 0 Å². The largest absolute Gasteiger partial charge is 0.871 e. The zero-order valence-electron chi connectivity index (χ0n) is 33.9. The second kappa shape index (κ2) is 17.9. The number of carbonyl (C=O) groups is 1. The van der Waals surface area contributed by atoms with Gasteiger partial charge >= 0.3 is 11.5 Å². The Hall–Kier alpha value is -4.48. The Morgan fingerprint density at radius 1 is 0.633 bits per heavy atom. The van der Waals surface area contributed by atoms with Crippen molar-refractivity contribution in [3.63, 3.8) is 0 Å². The van der Waals surface area contributed by atoms with Crippen molar-refractivity contribution in [1.29, 1.82) is 0 Å². The number of ketones is 1. The van der Waals surface area contributed by atoms with Crippen molar-refractivity contribution in [2.45, 2.75) is 41.5 Å². The number of rotatable bonds is 10. The van der Waals surface area contributed by atoms with Crippen LogP contribution in [0.15, 0.2) is 160 Å². The monoisotopic (exact) mass is 1050 g/mol. The van der Waals surface area contributed by atoms with E-state index in [1.54, 1.807) is 12.2 Å². The second-order valence-corrected chi connectivity index (χ2v) is 20.4. The molecule has 0 atom stereocenters. The van der Waals surface area contributed by atoms with E-state index >= 15 is 0 Å². The van der Waals surface area contributed by atoms with Crippen LogP contribution in [0.1, 0.15) is 58.2 Å². The van der Waals surface area contributed by atoms with Crippen LogP contribution >= 0.6 is 63.7 Å². The van der Waals surface area contributed by atoms with Crippen LogP contribution in [0.3, 0.4) is 0 Å². The molecule has 0 spiro atoms. The van der Waals surface area contributed by atoms with Crippen LogP contribution in [-0.2, 0) is 9.53 Å². The third-order valence-corrected chi connectivity index (χ3v) is 13.0. The molecule has 1 aliphatic carbocycles. The fourth-order valence-electron chi connectivity index (χ4n) is 6.27. The van der Waals surface area contributed by atoms with Crippen molar-refractivity contribution < 1.29 is 28.5 Å². The summed E-state index contributed by atoms with van der Waals surface area (Å²) in [6.07, 6.45) is 6.94. The molecule has 0 amide bonds. The maximum Gasteiger partial charge on any atom is 0.365 e. The molecule has 6 nitrogen and oxygen atoms in total. The average Bonchev–Trinajstić information content (AvgIpc) is 3.21. The molecule has 0 fully saturated rings. The van der Waals surface area contributed by atoms with E-state index in [0.717, 1.165) is 40.1 Å². The molecule has 0 bridgehead atoms. The lowest BCUT2D eigenvalue weighted by Crippen LogP contribution is -2.29. The Morgan fingerprint density at radius 2 is 1.17 bits per heavy atom. The van der Waals surface area contributed by atoms with Crippen molar-refractivity contribution in [1.82, 2.24) is 0 Å². The molecule has 0 unspecified atom stereocenters. The van der Waals surface area contributed by atoms with Gasteiger partial charge in [0.1, 0.15) is 28.6 Å². The number of hydrogen-bond donors (Lipinski definition) is 0. The highest BCUT2D eigenvalue weighted by molar-refractivity contribution is 9.13. The van der Waals surface area contributed by atoms with Crippen molar-refractivity contribution in [2.24, 2.45) is 10.8 Å². The zero-order valence-corrected chi connectivity index (χ0v) is 40.3. The molecule has 7 rings (SSSR count). The maximum absolute atomic E-state index is 14.0. The molecule has 4 aromatic carbocycles. The van der Waals surface area contributed by atoms with Gasteiger partial charge in [-0.3, -0.25) is 4.79 Å². The van der Waals surface area contributed by atoms with Crippen LogP contribution in [0, 0.1) is 10.8 Å². The fourth-order valence-corrected chi connectivity index (χ4v) is 7.52. The molecule has 0 radical (unpaired) electrons. The first-order valence-corrected chi connectivity index (χ1v) is 22.4. The van der Waals surface area contributed by atoms with Crippen molar-refractivity contribution >= 4 is 87.1 Å². The number of para-hydroxylation sites is 2. The quantitative estimate of drug-likeness (QED) is 0.102. The third-order valence-electron chi connectivity index (χ3n) is 9.27. The Balaban J connectivity index is 1.30. The van der Waals surface area contributed by atoms with E-state index in [9.17, 15) is 9.90 Å². The van der Waals surface area contributed by atoms with Crippen LogP contribution in [0.4, 0.5) is 0 Å². The summed E-state index contributed by atoms with van der Waals surface area (Å²) in [4.78, 5) is 14.0. The first kappa shape index (κ1) is 43.6. The van der Waals surface area contributed by atoms with Crippen molar-refractivity contribution in [2.75, 3.05) is 13.2 Å². The highest BCUT2D eigenvalue weighted by atomic mass is 79.9. The predicted octanol–water partition coefficient (Wildman–Crippen LogP) is 14.4. The highest BCUT2D eigenvalue weighted by Crippen LogP contribution is 2.41. The molecule has 306 valence electrons. The molecule has 5 aromatic rings. The minimum absolute atomic E-state index is 0.0691. The lowest BCUT2D eigenvalue weighted by Gasteiger charge is -2.29. The van der Waals surface area contributed by atoms with Crippen LogP contribution < -0.4 is 14.6 Å². The Morgan fingerprint density at radius 3 is 1.77 bits per heavy atom. The molecular weight excluding hydrogens is 1020 g/mol. The first-order chi connectivity index (χ1) is 28.4. The van der Waals surface area contributed by atoms with E-state index < -0.39 is 0 Å². The predicted molar refractivity (Wildman–Crippen MR) is 253 cm³/mol. The summed E-state index contributed by atoms with van der Waals surface area (Å²) in [6, 6.07) is 30.7. The number of benzene rings is 4. The summed E-state index contributed by atoms with van der Waals surface area (Å²) in [6.45, 7) is 13.7. The smallest absolute Gasteiger partial charge is 0.365 e. The Kier molecular flexibility index (Phi) is 13.0. The summed E-state index contributed by atoms with van der Waals surface area (Å²) in [5.74, 6) is 2.77. The van der Waals surface area contributed by atoms with Gasteiger partial charge in [-0.1, -0.05) is 77.6 Å². The van der Waals surface area contributed by atoms with E-state index in [2.05, 4.69) is 105 Å². The number of allylic oxidation sites excluding steroid dienone is 6. The Bertz CT molecular complexity index is 2670. The number of halogens is 4. The zero-order chi connectivity index (χ0) is 42.9. The summed E-state index contributed by atoms with van der Waals surface area (Å²) in [5.41, 5.74) is 4.37. The topological polar surface area (TPSA) is 79.1 Å². The van der Waals surface area contributed by atoms with Gasteiger partial charge in [0, 0.05) is 34.6 Å². The first-order valence-electron chi connectivity index (χ1n) is 19.3. The van der Waals surface area contributed by atoms with Gasteiger partial charge in [-0.05, 0) is 165 Å². The summed E-state index contributed by atoms with van der Waals surface area (Å²) in [5, 5.41) is 14.0. The van der Waals surface area contributed by atoms with E-state index in [0.29, 0.717) is 58.9 Å². The molecule has 1 aliphatic heterocycles. The number of carbonyl (C=O) groups excluding carboxylic acids is 1. The van der Waals surface area contributed by atoms with Crippen molar-refractivity contribution in [3.05, 3.63) is 172 Å². The minimum atomic E-state index is -0.353. The molecule has 2 aliphatic rings. The second-order valence-electron chi connectivity index (χ2n) is 17.0. The fraction of sp³-hybridized carbons (Fsp3) is 0.200. The van der Waals surface area contributed by atoms with Crippen LogP contribution in [0.5, 0.6) is 11.5 Å².